The van der Waals surface area contributed by atoms with Gasteiger partial charge < -0.3 is 5.73 Å². The molecule has 1 atom stereocenters. The number of allylic oxidation sites excluding steroid dienone is 1. The second-order valence-corrected chi connectivity index (χ2v) is 4.61. The summed E-state index contributed by atoms with van der Waals surface area (Å²) < 4.78 is 0. The van der Waals surface area contributed by atoms with Crippen LogP contribution in [0.4, 0.5) is 0 Å². The van der Waals surface area contributed by atoms with Gasteiger partial charge in [-0.05, 0) is 31.6 Å². The summed E-state index contributed by atoms with van der Waals surface area (Å²) in [5.41, 5.74) is 6.54. The van der Waals surface area contributed by atoms with Gasteiger partial charge in [-0.25, -0.2) is 0 Å². The normalized spacial score (nSPS) is 15.8. The quantitative estimate of drug-likeness (QED) is 0.644. The molecule has 2 rings (SSSR count). The first-order chi connectivity index (χ1) is 9.56. The summed E-state index contributed by atoms with van der Waals surface area (Å²) in [6, 6.07) is 5.99. The SMILES string of the molecule is CC=CC(=O)C(N)CCN1C(=O)c2ccccc2C1=O. The molecule has 1 aromatic rings. The summed E-state index contributed by atoms with van der Waals surface area (Å²) in [6.07, 6.45) is 3.27. The van der Waals surface area contributed by atoms with Crippen molar-refractivity contribution in [1.82, 2.24) is 4.90 Å². The Morgan fingerprint density at radius 2 is 1.80 bits per heavy atom. The lowest BCUT2D eigenvalue weighted by atomic mass is 10.1. The largest absolute Gasteiger partial charge is 0.321 e. The van der Waals surface area contributed by atoms with Crippen molar-refractivity contribution in [3.05, 3.63) is 47.5 Å². The molecule has 0 aromatic heterocycles. The minimum absolute atomic E-state index is 0.150. The standard InChI is InChI=1S/C15H16N2O3/c1-2-5-13(18)12(16)8-9-17-14(19)10-6-3-4-7-11(10)15(17)20/h2-7,12H,8-9,16H2,1H3. The average Bonchev–Trinajstić information content (AvgIpc) is 2.69. The third-order valence-electron chi connectivity index (χ3n) is 3.24. The molecule has 0 saturated heterocycles. The number of carbonyl (C=O) groups is 3. The van der Waals surface area contributed by atoms with E-state index in [0.29, 0.717) is 11.1 Å². The molecule has 1 aliphatic rings. The predicted molar refractivity (Wildman–Crippen MR) is 74.2 cm³/mol. The molecule has 104 valence electrons. The van der Waals surface area contributed by atoms with E-state index in [0.717, 1.165) is 4.90 Å². The number of nitrogens with zero attached hydrogens (tertiary/aromatic N) is 1. The number of imide groups is 1. The minimum atomic E-state index is -0.699. The highest BCUT2D eigenvalue weighted by atomic mass is 16.2. The highest BCUT2D eigenvalue weighted by Crippen LogP contribution is 2.22. The third kappa shape index (κ3) is 2.53. The van der Waals surface area contributed by atoms with Crippen molar-refractivity contribution >= 4 is 17.6 Å². The molecule has 20 heavy (non-hydrogen) atoms. The molecule has 0 aliphatic carbocycles. The Morgan fingerprint density at radius 1 is 1.25 bits per heavy atom. The van der Waals surface area contributed by atoms with Gasteiger partial charge in [-0.2, -0.15) is 0 Å². The van der Waals surface area contributed by atoms with Gasteiger partial charge in [-0.15, -0.1) is 0 Å². The van der Waals surface area contributed by atoms with Crippen LogP contribution in [0, 0.1) is 0 Å². The Balaban J connectivity index is 2.04. The van der Waals surface area contributed by atoms with E-state index in [1.165, 1.54) is 6.08 Å². The molecule has 5 nitrogen and oxygen atoms in total. The number of carbonyl (C=O) groups excluding carboxylic acids is 3. The molecule has 2 amide bonds. The lowest BCUT2D eigenvalue weighted by Crippen LogP contribution is -2.37. The van der Waals surface area contributed by atoms with Gasteiger partial charge in [0.05, 0.1) is 17.2 Å². The van der Waals surface area contributed by atoms with Crippen molar-refractivity contribution < 1.29 is 14.4 Å². The molecular weight excluding hydrogens is 256 g/mol. The van der Waals surface area contributed by atoms with Crippen molar-refractivity contribution in [3.63, 3.8) is 0 Å². The van der Waals surface area contributed by atoms with Crippen molar-refractivity contribution in [1.29, 1.82) is 0 Å². The van der Waals surface area contributed by atoms with E-state index in [2.05, 4.69) is 0 Å². The first kappa shape index (κ1) is 14.1. The van der Waals surface area contributed by atoms with Gasteiger partial charge in [0.1, 0.15) is 0 Å². The summed E-state index contributed by atoms with van der Waals surface area (Å²) in [4.78, 5) is 36.8. The van der Waals surface area contributed by atoms with E-state index in [1.54, 1.807) is 37.3 Å². The summed E-state index contributed by atoms with van der Waals surface area (Å²) in [5, 5.41) is 0. The van der Waals surface area contributed by atoms with Gasteiger partial charge in [0, 0.05) is 6.54 Å². The minimum Gasteiger partial charge on any atom is -0.321 e. The molecule has 0 radical (unpaired) electrons. The van der Waals surface area contributed by atoms with Crippen LogP contribution in [0.3, 0.4) is 0 Å². The van der Waals surface area contributed by atoms with Crippen LogP contribution in [0.2, 0.25) is 0 Å². The van der Waals surface area contributed by atoms with Crippen LogP contribution in [0.5, 0.6) is 0 Å². The number of amides is 2. The van der Waals surface area contributed by atoms with Crippen molar-refractivity contribution in [2.24, 2.45) is 5.73 Å². The van der Waals surface area contributed by atoms with E-state index in [1.807, 2.05) is 0 Å². The van der Waals surface area contributed by atoms with Crippen molar-refractivity contribution in [2.75, 3.05) is 6.54 Å². The molecule has 1 aliphatic heterocycles. The first-order valence-corrected chi connectivity index (χ1v) is 6.43. The maximum atomic E-state index is 12.1. The monoisotopic (exact) mass is 272 g/mol. The number of hydrogen-bond acceptors (Lipinski definition) is 4. The van der Waals surface area contributed by atoms with E-state index < -0.39 is 6.04 Å². The Hall–Kier alpha value is -2.27. The number of ketones is 1. The summed E-state index contributed by atoms with van der Waals surface area (Å²) >= 11 is 0. The third-order valence-corrected chi connectivity index (χ3v) is 3.24. The Labute approximate surface area is 117 Å². The van der Waals surface area contributed by atoms with Gasteiger partial charge in [0.2, 0.25) is 0 Å². The molecule has 5 heteroatoms. The molecule has 0 spiro atoms. The molecule has 0 fully saturated rings. The highest BCUT2D eigenvalue weighted by molar-refractivity contribution is 6.21. The summed E-state index contributed by atoms with van der Waals surface area (Å²) in [6.45, 7) is 1.88. The molecular formula is C15H16N2O3. The van der Waals surface area contributed by atoms with Crippen LogP contribution < -0.4 is 5.73 Å². The smallest absolute Gasteiger partial charge is 0.261 e. The van der Waals surface area contributed by atoms with Gasteiger partial charge in [0.15, 0.2) is 5.78 Å². The van der Waals surface area contributed by atoms with E-state index >= 15 is 0 Å². The fourth-order valence-corrected chi connectivity index (χ4v) is 2.14. The number of hydrogen-bond donors (Lipinski definition) is 1. The van der Waals surface area contributed by atoms with Crippen molar-refractivity contribution in [2.45, 2.75) is 19.4 Å². The summed E-state index contributed by atoms with van der Waals surface area (Å²) in [7, 11) is 0. The van der Waals surface area contributed by atoms with Crippen molar-refractivity contribution in [3.8, 4) is 0 Å². The van der Waals surface area contributed by atoms with E-state index in [4.69, 9.17) is 5.73 Å². The Kier molecular flexibility index (Phi) is 4.10. The molecule has 1 aromatic carbocycles. The second-order valence-electron chi connectivity index (χ2n) is 4.61. The maximum Gasteiger partial charge on any atom is 0.261 e. The summed E-state index contributed by atoms with van der Waals surface area (Å²) in [5.74, 6) is -0.850. The lowest BCUT2D eigenvalue weighted by molar-refractivity contribution is -0.116. The average molecular weight is 272 g/mol. The molecule has 1 unspecified atom stereocenters. The zero-order valence-corrected chi connectivity index (χ0v) is 11.2. The predicted octanol–water partition coefficient (Wildman–Crippen LogP) is 1.15. The number of fused-ring (bicyclic) bond motifs is 1. The van der Waals surface area contributed by atoms with Gasteiger partial charge in [0.25, 0.3) is 11.8 Å². The van der Waals surface area contributed by atoms with Crippen LogP contribution in [0.25, 0.3) is 0 Å². The molecule has 0 bridgehead atoms. The van der Waals surface area contributed by atoms with Crippen LogP contribution >= 0.6 is 0 Å². The Bertz CT molecular complexity index is 558. The highest BCUT2D eigenvalue weighted by Gasteiger charge is 2.35. The van der Waals surface area contributed by atoms with Crippen LogP contribution in [-0.4, -0.2) is 35.1 Å². The molecule has 0 saturated carbocycles. The number of nitrogens with two attached hydrogens (primary N) is 1. The number of rotatable bonds is 5. The fraction of sp³-hybridized carbons (Fsp3) is 0.267. The van der Waals surface area contributed by atoms with Gasteiger partial charge >= 0.3 is 0 Å². The molecule has 1 heterocycles. The topological polar surface area (TPSA) is 80.5 Å². The fourth-order valence-electron chi connectivity index (χ4n) is 2.14. The maximum absolute atomic E-state index is 12.1. The van der Waals surface area contributed by atoms with Crippen LogP contribution in [0.1, 0.15) is 34.1 Å². The van der Waals surface area contributed by atoms with Crippen LogP contribution in [-0.2, 0) is 4.79 Å². The Morgan fingerprint density at radius 3 is 2.30 bits per heavy atom. The lowest BCUT2D eigenvalue weighted by Gasteiger charge is -2.15. The van der Waals surface area contributed by atoms with E-state index in [9.17, 15) is 14.4 Å². The second kappa shape index (κ2) is 5.79. The molecule has 2 N–H and O–H groups in total. The zero-order valence-electron chi connectivity index (χ0n) is 11.2. The number of benzene rings is 1. The zero-order chi connectivity index (χ0) is 14.7. The first-order valence-electron chi connectivity index (χ1n) is 6.43. The van der Waals surface area contributed by atoms with Gasteiger partial charge in [-0.3, -0.25) is 19.3 Å². The van der Waals surface area contributed by atoms with Gasteiger partial charge in [-0.1, -0.05) is 18.2 Å². The van der Waals surface area contributed by atoms with Crippen LogP contribution in [0.15, 0.2) is 36.4 Å². The van der Waals surface area contributed by atoms with E-state index in [-0.39, 0.29) is 30.6 Å².